The van der Waals surface area contributed by atoms with E-state index in [1.54, 1.807) is 30.2 Å². The Kier molecular flexibility index (Phi) is 5.90. The summed E-state index contributed by atoms with van der Waals surface area (Å²) in [5, 5.41) is 3.46. The molecule has 1 saturated heterocycles. The lowest BCUT2D eigenvalue weighted by Gasteiger charge is -2.19. The zero-order valence-electron chi connectivity index (χ0n) is 16.7. The van der Waals surface area contributed by atoms with E-state index in [-0.39, 0.29) is 18.2 Å². The van der Waals surface area contributed by atoms with Gasteiger partial charge in [0, 0.05) is 31.0 Å². The first-order valence-electron chi connectivity index (χ1n) is 9.90. The molecule has 0 unspecified atom stereocenters. The zero-order chi connectivity index (χ0) is 21.1. The fourth-order valence-electron chi connectivity index (χ4n) is 3.73. The summed E-state index contributed by atoms with van der Waals surface area (Å²) in [5.41, 5.74) is 2.55. The topological polar surface area (TPSA) is 87.3 Å². The molecule has 30 heavy (non-hydrogen) atoms. The van der Waals surface area contributed by atoms with E-state index in [2.05, 4.69) is 15.3 Å². The maximum absolute atomic E-state index is 12.6. The van der Waals surface area contributed by atoms with Crippen molar-refractivity contribution in [1.82, 2.24) is 15.3 Å². The number of amides is 2. The maximum atomic E-state index is 12.6. The van der Waals surface area contributed by atoms with Crippen LogP contribution in [0.4, 0.5) is 5.69 Å². The van der Waals surface area contributed by atoms with Gasteiger partial charge in [0.2, 0.25) is 11.8 Å². The maximum Gasteiger partial charge on any atom is 0.227 e. The highest BCUT2D eigenvalue weighted by Gasteiger charge is 2.36. The van der Waals surface area contributed by atoms with Gasteiger partial charge in [0.05, 0.1) is 29.7 Å². The third-order valence-electron chi connectivity index (χ3n) is 5.26. The lowest BCUT2D eigenvalue weighted by Crippen LogP contribution is -2.33. The number of aryl methyl sites for hydroxylation is 1. The van der Waals surface area contributed by atoms with E-state index in [0.717, 1.165) is 29.7 Å². The van der Waals surface area contributed by atoms with E-state index in [9.17, 15) is 9.59 Å². The number of rotatable bonds is 7. The predicted octanol–water partition coefficient (Wildman–Crippen LogP) is 3.33. The number of anilines is 1. The molecule has 8 heteroatoms. The molecule has 1 aliphatic rings. The Morgan fingerprint density at radius 1 is 1.33 bits per heavy atom. The summed E-state index contributed by atoms with van der Waals surface area (Å²) in [6, 6.07) is 13.0. The van der Waals surface area contributed by atoms with E-state index in [1.165, 1.54) is 0 Å². The number of benzene rings is 2. The van der Waals surface area contributed by atoms with Crippen LogP contribution in [0.25, 0.3) is 11.0 Å². The van der Waals surface area contributed by atoms with Crippen LogP contribution in [-0.2, 0) is 16.0 Å². The molecule has 2 heterocycles. The number of methoxy groups -OCH3 is 1. The highest BCUT2D eigenvalue weighted by Crippen LogP contribution is 2.35. The molecular formula is C22H23ClN4O3. The van der Waals surface area contributed by atoms with Gasteiger partial charge in [0.1, 0.15) is 11.6 Å². The minimum atomic E-state index is -0.396. The van der Waals surface area contributed by atoms with Gasteiger partial charge >= 0.3 is 0 Å². The summed E-state index contributed by atoms with van der Waals surface area (Å²) in [6.07, 6.45) is 1.67. The lowest BCUT2D eigenvalue weighted by molar-refractivity contribution is -0.126. The Bertz CT molecular complexity index is 1050. The molecule has 1 atom stereocenters. The highest BCUT2D eigenvalue weighted by molar-refractivity contribution is 6.31. The van der Waals surface area contributed by atoms with Crippen molar-refractivity contribution < 1.29 is 14.3 Å². The van der Waals surface area contributed by atoms with Crippen LogP contribution in [0, 0.1) is 5.92 Å². The van der Waals surface area contributed by atoms with Crippen LogP contribution in [0.5, 0.6) is 5.75 Å². The molecule has 3 aromatic rings. The number of aromatic nitrogens is 2. The van der Waals surface area contributed by atoms with Gasteiger partial charge < -0.3 is 19.9 Å². The average molecular weight is 427 g/mol. The Balaban J connectivity index is 1.30. The number of carbonyl (C=O) groups excluding carboxylic acids is 2. The monoisotopic (exact) mass is 426 g/mol. The number of fused-ring (bicyclic) bond motifs is 1. The molecule has 0 spiro atoms. The number of ether oxygens (including phenoxy) is 1. The van der Waals surface area contributed by atoms with Gasteiger partial charge in [0.25, 0.3) is 0 Å². The van der Waals surface area contributed by atoms with Gasteiger partial charge in [-0.15, -0.1) is 0 Å². The minimum absolute atomic E-state index is 0.113. The van der Waals surface area contributed by atoms with E-state index in [0.29, 0.717) is 29.5 Å². The van der Waals surface area contributed by atoms with E-state index in [1.807, 2.05) is 24.3 Å². The Morgan fingerprint density at radius 2 is 2.17 bits per heavy atom. The lowest BCUT2D eigenvalue weighted by atomic mass is 10.1. The first-order valence-corrected chi connectivity index (χ1v) is 10.3. The second-order valence-corrected chi connectivity index (χ2v) is 7.75. The molecule has 1 aromatic heterocycles. The molecule has 156 valence electrons. The molecule has 0 radical (unpaired) electrons. The number of H-pyrrole nitrogens is 1. The van der Waals surface area contributed by atoms with Crippen LogP contribution < -0.4 is 15.0 Å². The van der Waals surface area contributed by atoms with Crippen LogP contribution >= 0.6 is 11.6 Å². The van der Waals surface area contributed by atoms with Gasteiger partial charge in [-0.2, -0.15) is 0 Å². The van der Waals surface area contributed by atoms with E-state index < -0.39 is 5.92 Å². The van der Waals surface area contributed by atoms with E-state index >= 15 is 0 Å². The van der Waals surface area contributed by atoms with E-state index in [4.69, 9.17) is 16.3 Å². The summed E-state index contributed by atoms with van der Waals surface area (Å²) in [5.74, 6) is 0.835. The van der Waals surface area contributed by atoms with Crippen molar-refractivity contribution in [2.24, 2.45) is 5.92 Å². The van der Waals surface area contributed by atoms with Crippen molar-refractivity contribution in [2.75, 3.05) is 25.1 Å². The molecule has 4 rings (SSSR count). The van der Waals surface area contributed by atoms with Crippen LogP contribution in [-0.4, -0.2) is 42.0 Å². The number of halogens is 1. The molecule has 2 N–H and O–H groups in total. The first kappa shape index (κ1) is 20.2. The molecule has 0 saturated carbocycles. The largest absolute Gasteiger partial charge is 0.495 e. The summed E-state index contributed by atoms with van der Waals surface area (Å²) in [7, 11) is 1.54. The van der Waals surface area contributed by atoms with Crippen molar-refractivity contribution in [2.45, 2.75) is 19.3 Å². The van der Waals surface area contributed by atoms with Crippen molar-refractivity contribution in [1.29, 1.82) is 0 Å². The number of aromatic amines is 1. The summed E-state index contributed by atoms with van der Waals surface area (Å²) >= 11 is 6.08. The molecule has 1 fully saturated rings. The van der Waals surface area contributed by atoms with Gasteiger partial charge in [-0.3, -0.25) is 9.59 Å². The molecular weight excluding hydrogens is 404 g/mol. The third-order valence-corrected chi connectivity index (χ3v) is 5.49. The normalized spacial score (nSPS) is 16.3. The fraction of sp³-hybridized carbons (Fsp3) is 0.318. The number of para-hydroxylation sites is 2. The Hall–Kier alpha value is -3.06. The van der Waals surface area contributed by atoms with Crippen molar-refractivity contribution in [3.8, 4) is 5.75 Å². The fourth-order valence-corrected chi connectivity index (χ4v) is 3.89. The second kappa shape index (κ2) is 8.75. The molecule has 0 bridgehead atoms. The minimum Gasteiger partial charge on any atom is -0.495 e. The summed E-state index contributed by atoms with van der Waals surface area (Å²) in [6.45, 7) is 0.839. The molecule has 2 amide bonds. The van der Waals surface area contributed by atoms with Gasteiger partial charge in [-0.05, 0) is 36.8 Å². The second-order valence-electron chi connectivity index (χ2n) is 7.32. The smallest absolute Gasteiger partial charge is 0.227 e. The number of imidazole rings is 1. The Labute approximate surface area is 179 Å². The molecule has 2 aromatic carbocycles. The first-order chi connectivity index (χ1) is 14.5. The van der Waals surface area contributed by atoms with Crippen LogP contribution in [0.15, 0.2) is 42.5 Å². The van der Waals surface area contributed by atoms with Gasteiger partial charge in [0.15, 0.2) is 0 Å². The summed E-state index contributed by atoms with van der Waals surface area (Å²) in [4.78, 5) is 34.5. The van der Waals surface area contributed by atoms with Crippen LogP contribution in [0.3, 0.4) is 0 Å². The molecule has 7 nitrogen and oxygen atoms in total. The zero-order valence-corrected chi connectivity index (χ0v) is 17.4. The van der Waals surface area contributed by atoms with Crippen LogP contribution in [0.1, 0.15) is 18.7 Å². The summed E-state index contributed by atoms with van der Waals surface area (Å²) < 4.78 is 5.34. The number of nitrogens with one attached hydrogen (secondary N) is 2. The average Bonchev–Trinajstić information content (AvgIpc) is 3.34. The SMILES string of the molecule is COc1ccc(Cl)cc1N1C[C@@H](C(=O)NCCCc2nc3ccccc3[nH]2)CC1=O. The van der Waals surface area contributed by atoms with Crippen molar-refractivity contribution >= 4 is 40.1 Å². The molecule has 0 aliphatic carbocycles. The predicted molar refractivity (Wildman–Crippen MR) is 116 cm³/mol. The standard InChI is InChI=1S/C22H23ClN4O3/c1-30-19-9-8-15(23)12-18(19)27-13-14(11-21(27)28)22(29)24-10-4-7-20-25-16-5-2-3-6-17(16)26-20/h2-3,5-6,8-9,12,14H,4,7,10-11,13H2,1H3,(H,24,29)(H,25,26)/t14-/m0/s1. The quantitative estimate of drug-likeness (QED) is 0.567. The highest BCUT2D eigenvalue weighted by atomic mass is 35.5. The van der Waals surface area contributed by atoms with Crippen LogP contribution in [0.2, 0.25) is 5.02 Å². The Morgan fingerprint density at radius 3 is 2.97 bits per heavy atom. The number of nitrogens with zero attached hydrogens (tertiary/aromatic N) is 2. The number of hydrogen-bond donors (Lipinski definition) is 2. The van der Waals surface area contributed by atoms with Gasteiger partial charge in [-0.1, -0.05) is 23.7 Å². The molecule has 1 aliphatic heterocycles. The number of carbonyl (C=O) groups is 2. The van der Waals surface area contributed by atoms with Crippen molar-refractivity contribution in [3.63, 3.8) is 0 Å². The number of hydrogen-bond acceptors (Lipinski definition) is 4. The van der Waals surface area contributed by atoms with Crippen molar-refractivity contribution in [3.05, 3.63) is 53.3 Å². The van der Waals surface area contributed by atoms with Gasteiger partial charge in [-0.25, -0.2) is 4.98 Å². The third kappa shape index (κ3) is 4.26.